The second-order valence-electron chi connectivity index (χ2n) is 14.2. The minimum Gasteiger partial charge on any atom is -0.493 e. The van der Waals surface area contributed by atoms with Crippen molar-refractivity contribution in [2.24, 2.45) is 0 Å². The van der Waals surface area contributed by atoms with E-state index in [0.717, 1.165) is 47.7 Å². The van der Waals surface area contributed by atoms with Gasteiger partial charge < -0.3 is 14.2 Å². The zero-order chi connectivity index (χ0) is 41.3. The highest BCUT2D eigenvalue weighted by Gasteiger charge is 2.34. The van der Waals surface area contributed by atoms with Crippen LogP contribution in [0, 0.1) is 5.82 Å². The Hall–Kier alpha value is -4.72. The van der Waals surface area contributed by atoms with Gasteiger partial charge in [0.25, 0.3) is 0 Å². The third kappa shape index (κ3) is 12.9. The lowest BCUT2D eigenvalue weighted by molar-refractivity contribution is -0.149. The Bertz CT molecular complexity index is 2070. The van der Waals surface area contributed by atoms with Crippen molar-refractivity contribution in [2.75, 3.05) is 19.4 Å². The number of ether oxygens (including phenoxy) is 3. The zero-order valence-corrected chi connectivity index (χ0v) is 33.2. The van der Waals surface area contributed by atoms with Gasteiger partial charge in [0.1, 0.15) is 23.8 Å². The van der Waals surface area contributed by atoms with E-state index < -0.39 is 67.0 Å². The van der Waals surface area contributed by atoms with Gasteiger partial charge in [0.05, 0.1) is 22.1 Å². The van der Waals surface area contributed by atoms with E-state index in [2.05, 4.69) is 0 Å². The molecule has 0 spiro atoms. The Morgan fingerprint density at radius 2 is 1.46 bits per heavy atom. The van der Waals surface area contributed by atoms with Gasteiger partial charge >= 0.3 is 18.1 Å². The number of alkyl halides is 3. The number of carbonyl (C=O) groups is 2. The Morgan fingerprint density at radius 1 is 0.875 bits per heavy atom. The molecular formula is C42H44ClF4NO7S. The van der Waals surface area contributed by atoms with Crippen LogP contribution in [0.5, 0.6) is 5.75 Å². The van der Waals surface area contributed by atoms with E-state index in [9.17, 15) is 31.2 Å². The zero-order valence-electron chi connectivity index (χ0n) is 31.6. The number of benzene rings is 4. The summed E-state index contributed by atoms with van der Waals surface area (Å²) >= 11 is 6.36. The van der Waals surface area contributed by atoms with E-state index >= 15 is 4.39 Å². The molecule has 0 N–H and O–H groups in total. The van der Waals surface area contributed by atoms with Crippen LogP contribution in [0.3, 0.4) is 0 Å². The molecule has 0 unspecified atom stereocenters. The summed E-state index contributed by atoms with van der Waals surface area (Å²) in [5, 5.41) is -0.391. The van der Waals surface area contributed by atoms with Crippen molar-refractivity contribution in [1.82, 2.24) is 4.90 Å². The van der Waals surface area contributed by atoms with Gasteiger partial charge in [-0.1, -0.05) is 84.4 Å². The van der Waals surface area contributed by atoms with Crippen molar-refractivity contribution in [3.05, 3.63) is 142 Å². The topological polar surface area (TPSA) is 99.2 Å². The minimum atomic E-state index is -4.65. The van der Waals surface area contributed by atoms with Gasteiger partial charge in [-0.2, -0.15) is 13.2 Å². The van der Waals surface area contributed by atoms with Crippen molar-refractivity contribution in [2.45, 2.75) is 75.9 Å². The number of carbonyl (C=O) groups excluding carboxylic acids is 2. The smallest absolute Gasteiger partial charge is 0.417 e. The van der Waals surface area contributed by atoms with E-state index in [1.54, 1.807) is 26.8 Å². The molecule has 4 rings (SSSR count). The summed E-state index contributed by atoms with van der Waals surface area (Å²) in [5.41, 5.74) is 0.130. The molecule has 0 aliphatic heterocycles. The molecule has 0 aliphatic rings. The molecule has 8 nitrogen and oxygen atoms in total. The Labute approximate surface area is 329 Å². The molecule has 14 heteroatoms. The first-order valence-corrected chi connectivity index (χ1v) is 19.9. The van der Waals surface area contributed by atoms with Crippen molar-refractivity contribution >= 4 is 33.4 Å². The second-order valence-corrected chi connectivity index (χ2v) is 16.6. The van der Waals surface area contributed by atoms with Gasteiger partial charge in [-0.25, -0.2) is 22.4 Å². The first-order valence-electron chi connectivity index (χ1n) is 17.6. The minimum absolute atomic E-state index is 0.0260. The van der Waals surface area contributed by atoms with Crippen LogP contribution in [0.25, 0.3) is 0 Å². The monoisotopic (exact) mass is 817 g/mol. The molecule has 1 atom stereocenters. The fraction of sp³-hybridized carbons (Fsp3) is 0.333. The number of esters is 2. The van der Waals surface area contributed by atoms with E-state index in [1.807, 2.05) is 72.5 Å². The summed E-state index contributed by atoms with van der Waals surface area (Å²) in [6, 6.07) is 25.0. The van der Waals surface area contributed by atoms with Crippen LogP contribution in [-0.2, 0) is 48.2 Å². The maximum Gasteiger partial charge on any atom is 0.417 e. The third-order valence-electron chi connectivity index (χ3n) is 8.65. The molecule has 0 aromatic heterocycles. The fourth-order valence-electron chi connectivity index (χ4n) is 5.88. The largest absolute Gasteiger partial charge is 0.493 e. The molecule has 0 amide bonds. The normalized spacial score (nSPS) is 12.9. The predicted molar refractivity (Wildman–Crippen MR) is 205 cm³/mol. The summed E-state index contributed by atoms with van der Waals surface area (Å²) in [5.74, 6) is -3.11. The van der Waals surface area contributed by atoms with E-state index in [0.29, 0.717) is 13.0 Å². The van der Waals surface area contributed by atoms with Gasteiger partial charge in [-0.15, -0.1) is 0 Å². The molecule has 4 aromatic carbocycles. The second kappa shape index (κ2) is 18.9. The molecule has 0 bridgehead atoms. The Balaban J connectivity index is 1.55. The molecule has 56 heavy (non-hydrogen) atoms. The average molecular weight is 818 g/mol. The SMILES string of the molecule is C[C@@H](CCOc1cc(F)c(COC(=O)/C=C/C(=O)OC(C)(C)C)c(S(C)(=O)=O)c1)N(Cc1cccc(C(F)(F)F)c1Cl)CC(c1ccccc1)c1ccccc1. The number of nitrogens with zero attached hydrogens (tertiary/aromatic N) is 1. The van der Waals surface area contributed by atoms with Crippen LogP contribution in [0.4, 0.5) is 17.6 Å². The number of rotatable bonds is 16. The van der Waals surface area contributed by atoms with Crippen LogP contribution in [-0.4, -0.2) is 56.3 Å². The van der Waals surface area contributed by atoms with Crippen molar-refractivity contribution in [3.63, 3.8) is 0 Å². The molecule has 0 saturated heterocycles. The number of halogens is 5. The summed E-state index contributed by atoms with van der Waals surface area (Å²) < 4.78 is 98.3. The quantitative estimate of drug-likeness (QED) is 0.0627. The van der Waals surface area contributed by atoms with Crippen LogP contribution in [0.2, 0.25) is 5.02 Å². The Morgan fingerprint density at radius 3 is 2.02 bits per heavy atom. The summed E-state index contributed by atoms with van der Waals surface area (Å²) in [6.07, 6.45) is -1.85. The van der Waals surface area contributed by atoms with Crippen molar-refractivity contribution in [1.29, 1.82) is 0 Å². The lowest BCUT2D eigenvalue weighted by Gasteiger charge is -2.34. The molecule has 0 aliphatic carbocycles. The maximum absolute atomic E-state index is 15.4. The van der Waals surface area contributed by atoms with Gasteiger partial charge in [0.15, 0.2) is 9.84 Å². The first kappa shape index (κ1) is 44.0. The van der Waals surface area contributed by atoms with Gasteiger partial charge in [-0.05, 0) is 62.9 Å². The van der Waals surface area contributed by atoms with Crippen molar-refractivity contribution < 1.29 is 49.8 Å². The standard InChI is InChI=1S/C42H44ClF4NO7S/c1-28(21-22-53-32-23-36(44)34(37(24-32)56(5,51)52)27-54-38(49)19-20-39(50)55-41(2,3)4)48(25-31-17-12-18-35(40(31)43)42(45,46)47)26-33(29-13-8-6-9-14-29)30-15-10-7-11-16-30/h6-20,23-24,28,33H,21-22,25-27H2,1-5H3/b20-19+/t28-/m0/s1. The highest BCUT2D eigenvalue weighted by molar-refractivity contribution is 7.90. The third-order valence-corrected chi connectivity index (χ3v) is 10.3. The molecule has 300 valence electrons. The van der Waals surface area contributed by atoms with Crippen LogP contribution < -0.4 is 4.74 Å². The summed E-state index contributed by atoms with van der Waals surface area (Å²) in [4.78, 5) is 25.7. The fourth-order valence-corrected chi connectivity index (χ4v) is 7.11. The van der Waals surface area contributed by atoms with Crippen LogP contribution in [0.15, 0.2) is 108 Å². The number of sulfone groups is 1. The average Bonchev–Trinajstić information content (AvgIpc) is 3.11. The number of hydrogen-bond donors (Lipinski definition) is 0. The summed E-state index contributed by atoms with van der Waals surface area (Å²) in [7, 11) is -4.05. The molecule has 0 radical (unpaired) electrons. The predicted octanol–water partition coefficient (Wildman–Crippen LogP) is 9.33. The van der Waals surface area contributed by atoms with Crippen molar-refractivity contribution in [3.8, 4) is 5.75 Å². The highest BCUT2D eigenvalue weighted by atomic mass is 35.5. The van der Waals surface area contributed by atoms with E-state index in [1.165, 1.54) is 6.07 Å². The maximum atomic E-state index is 15.4. The van der Waals surface area contributed by atoms with E-state index in [4.69, 9.17) is 25.8 Å². The molecule has 0 fully saturated rings. The lowest BCUT2D eigenvalue weighted by atomic mass is 9.90. The lowest BCUT2D eigenvalue weighted by Crippen LogP contribution is -2.37. The van der Waals surface area contributed by atoms with Gasteiger partial charge in [-0.3, -0.25) is 4.90 Å². The Kier molecular flexibility index (Phi) is 14.9. The van der Waals surface area contributed by atoms with Crippen LogP contribution in [0.1, 0.15) is 67.9 Å². The molecular weight excluding hydrogens is 774 g/mol. The number of hydrogen-bond acceptors (Lipinski definition) is 8. The van der Waals surface area contributed by atoms with Gasteiger partial charge in [0, 0.05) is 55.1 Å². The van der Waals surface area contributed by atoms with Crippen LogP contribution >= 0.6 is 11.6 Å². The molecule has 0 saturated carbocycles. The van der Waals surface area contributed by atoms with Gasteiger partial charge in [0.2, 0.25) is 0 Å². The summed E-state index contributed by atoms with van der Waals surface area (Å²) in [6.45, 7) is 6.49. The molecule has 0 heterocycles. The first-order chi connectivity index (χ1) is 26.2. The van der Waals surface area contributed by atoms with E-state index in [-0.39, 0.29) is 36.4 Å². The molecule has 4 aromatic rings. The highest BCUT2D eigenvalue weighted by Crippen LogP contribution is 2.37.